The number of nitriles is 2. The third-order valence-corrected chi connectivity index (χ3v) is 2.85. The molecule has 0 spiro atoms. The normalized spacial score (nSPS) is 9.21. The highest BCUT2D eigenvalue weighted by molar-refractivity contribution is 7.80. The van der Waals surface area contributed by atoms with Crippen LogP contribution in [0.1, 0.15) is 22.3 Å². The van der Waals surface area contributed by atoms with Gasteiger partial charge in [0.2, 0.25) is 0 Å². The zero-order valence-corrected chi connectivity index (χ0v) is 8.81. The minimum Gasteiger partial charge on any atom is -0.397 e. The van der Waals surface area contributed by atoms with Crippen LogP contribution in [0.15, 0.2) is 4.90 Å². The Bertz CT molecular complexity index is 437. The first-order chi connectivity index (χ1) is 6.54. The van der Waals surface area contributed by atoms with Crippen molar-refractivity contribution < 1.29 is 0 Å². The standard InChI is InChI=1S/C10H9N3S/c1-5-6(2)10(14)8(4-12)9(13)7(5)3-11/h14H,13H2,1-2H3. The number of anilines is 1. The average molecular weight is 203 g/mol. The first kappa shape index (κ1) is 10.4. The first-order valence-corrected chi connectivity index (χ1v) is 4.41. The zero-order chi connectivity index (χ0) is 10.9. The molecule has 3 nitrogen and oxygen atoms in total. The molecule has 1 rings (SSSR count). The van der Waals surface area contributed by atoms with E-state index in [0.717, 1.165) is 11.1 Å². The SMILES string of the molecule is Cc1c(C)c(C#N)c(N)c(C#N)c1S. The molecule has 0 aliphatic heterocycles. The van der Waals surface area contributed by atoms with Crippen molar-refractivity contribution >= 4 is 18.3 Å². The van der Waals surface area contributed by atoms with Crippen molar-refractivity contribution in [2.24, 2.45) is 0 Å². The Hall–Kier alpha value is -1.65. The molecule has 0 aliphatic carbocycles. The fourth-order valence-electron chi connectivity index (χ4n) is 1.26. The molecule has 0 aliphatic rings. The number of benzene rings is 1. The summed E-state index contributed by atoms with van der Waals surface area (Å²) in [5.74, 6) is 0. The van der Waals surface area contributed by atoms with Crippen LogP contribution in [0, 0.1) is 36.5 Å². The molecule has 0 saturated carbocycles. The Morgan fingerprint density at radius 1 is 1.07 bits per heavy atom. The second-order valence-corrected chi connectivity index (χ2v) is 3.43. The number of hydrogen-bond donors (Lipinski definition) is 2. The van der Waals surface area contributed by atoms with Gasteiger partial charge in [-0.25, -0.2) is 0 Å². The molecular weight excluding hydrogens is 194 g/mol. The fraction of sp³-hybridized carbons (Fsp3) is 0.200. The molecule has 0 heterocycles. The molecule has 2 N–H and O–H groups in total. The van der Waals surface area contributed by atoms with Crippen molar-refractivity contribution in [3.05, 3.63) is 22.3 Å². The van der Waals surface area contributed by atoms with Gasteiger partial charge < -0.3 is 5.73 Å². The average Bonchev–Trinajstić information content (AvgIpc) is 2.16. The van der Waals surface area contributed by atoms with Crippen LogP contribution in [0.4, 0.5) is 5.69 Å². The Morgan fingerprint density at radius 3 is 2.00 bits per heavy atom. The van der Waals surface area contributed by atoms with Crippen LogP contribution in [0.25, 0.3) is 0 Å². The van der Waals surface area contributed by atoms with Gasteiger partial charge in [0.25, 0.3) is 0 Å². The Morgan fingerprint density at radius 2 is 1.57 bits per heavy atom. The number of nitrogens with two attached hydrogens (primary N) is 1. The summed E-state index contributed by atoms with van der Waals surface area (Å²) in [4.78, 5) is 0.557. The second kappa shape index (κ2) is 3.61. The molecule has 1 aromatic carbocycles. The van der Waals surface area contributed by atoms with Crippen LogP contribution in [0.2, 0.25) is 0 Å². The third-order valence-electron chi connectivity index (χ3n) is 2.29. The molecule has 4 heteroatoms. The first-order valence-electron chi connectivity index (χ1n) is 3.96. The lowest BCUT2D eigenvalue weighted by Crippen LogP contribution is -2.01. The number of rotatable bonds is 0. The smallest absolute Gasteiger partial charge is 0.103 e. The summed E-state index contributed by atoms with van der Waals surface area (Å²) in [5.41, 5.74) is 8.18. The zero-order valence-electron chi connectivity index (χ0n) is 7.92. The molecule has 0 atom stereocenters. The van der Waals surface area contributed by atoms with E-state index in [9.17, 15) is 0 Å². The summed E-state index contributed by atoms with van der Waals surface area (Å²) >= 11 is 4.21. The van der Waals surface area contributed by atoms with Crippen molar-refractivity contribution in [2.75, 3.05) is 5.73 Å². The van der Waals surface area contributed by atoms with Crippen molar-refractivity contribution in [1.82, 2.24) is 0 Å². The van der Waals surface area contributed by atoms with Gasteiger partial charge in [0, 0.05) is 4.90 Å². The van der Waals surface area contributed by atoms with Crippen molar-refractivity contribution in [3.63, 3.8) is 0 Å². The van der Waals surface area contributed by atoms with Gasteiger partial charge in [0.05, 0.1) is 16.8 Å². The van der Waals surface area contributed by atoms with E-state index >= 15 is 0 Å². The molecule has 0 bridgehead atoms. The molecule has 0 fully saturated rings. The fourth-order valence-corrected chi connectivity index (χ4v) is 1.60. The maximum Gasteiger partial charge on any atom is 0.103 e. The Kier molecular flexibility index (Phi) is 2.69. The van der Waals surface area contributed by atoms with Crippen LogP contribution in [-0.4, -0.2) is 0 Å². The van der Waals surface area contributed by atoms with E-state index < -0.39 is 0 Å². The van der Waals surface area contributed by atoms with Gasteiger partial charge in [-0.3, -0.25) is 0 Å². The predicted octanol–water partition coefficient (Wildman–Crippen LogP) is 1.92. The lowest BCUT2D eigenvalue weighted by atomic mass is 9.98. The Balaban J connectivity index is 3.78. The third kappa shape index (κ3) is 1.30. The van der Waals surface area contributed by atoms with Crippen LogP contribution < -0.4 is 5.73 Å². The molecule has 14 heavy (non-hydrogen) atoms. The molecule has 0 radical (unpaired) electrons. The number of nitrogens with zero attached hydrogens (tertiary/aromatic N) is 2. The van der Waals surface area contributed by atoms with E-state index in [1.165, 1.54) is 0 Å². The summed E-state index contributed by atoms with van der Waals surface area (Å²) in [6.45, 7) is 3.61. The molecule has 70 valence electrons. The highest BCUT2D eigenvalue weighted by Crippen LogP contribution is 2.30. The maximum absolute atomic E-state index is 8.87. The van der Waals surface area contributed by atoms with Gasteiger partial charge in [0.1, 0.15) is 12.1 Å². The highest BCUT2D eigenvalue weighted by Gasteiger charge is 2.15. The van der Waals surface area contributed by atoms with Gasteiger partial charge in [0.15, 0.2) is 0 Å². The van der Waals surface area contributed by atoms with Crippen LogP contribution in [-0.2, 0) is 0 Å². The summed E-state index contributed by atoms with van der Waals surface area (Å²) in [6.07, 6.45) is 0. The van der Waals surface area contributed by atoms with Gasteiger partial charge in [-0.1, -0.05) is 0 Å². The predicted molar refractivity (Wildman–Crippen MR) is 57.0 cm³/mol. The molecule has 0 amide bonds. The van der Waals surface area contributed by atoms with E-state index in [1.807, 2.05) is 19.1 Å². The van der Waals surface area contributed by atoms with Crippen LogP contribution in [0.5, 0.6) is 0 Å². The quantitative estimate of drug-likeness (QED) is 0.499. The van der Waals surface area contributed by atoms with E-state index in [2.05, 4.69) is 12.6 Å². The summed E-state index contributed by atoms with van der Waals surface area (Å²) < 4.78 is 0. The lowest BCUT2D eigenvalue weighted by Gasteiger charge is -2.11. The van der Waals surface area contributed by atoms with Gasteiger partial charge in [-0.2, -0.15) is 10.5 Å². The largest absolute Gasteiger partial charge is 0.397 e. The highest BCUT2D eigenvalue weighted by atomic mass is 32.1. The molecule has 0 saturated heterocycles. The number of nitrogen functional groups attached to an aromatic ring is 1. The van der Waals surface area contributed by atoms with Crippen LogP contribution in [0.3, 0.4) is 0 Å². The van der Waals surface area contributed by atoms with Crippen molar-refractivity contribution in [2.45, 2.75) is 18.7 Å². The minimum absolute atomic E-state index is 0.225. The molecular formula is C10H9N3S. The Labute approximate surface area is 88.2 Å². The van der Waals surface area contributed by atoms with Crippen molar-refractivity contribution in [3.8, 4) is 12.1 Å². The number of thiol groups is 1. The summed E-state index contributed by atoms with van der Waals surface area (Å²) in [6, 6.07) is 3.95. The van der Waals surface area contributed by atoms with Crippen molar-refractivity contribution in [1.29, 1.82) is 10.5 Å². The van der Waals surface area contributed by atoms with Gasteiger partial charge in [-0.15, -0.1) is 12.6 Å². The topological polar surface area (TPSA) is 73.6 Å². The maximum atomic E-state index is 8.87. The van der Waals surface area contributed by atoms with E-state index in [1.54, 1.807) is 6.92 Å². The number of hydrogen-bond acceptors (Lipinski definition) is 4. The van der Waals surface area contributed by atoms with Gasteiger partial charge in [-0.05, 0) is 25.0 Å². The van der Waals surface area contributed by atoms with E-state index in [4.69, 9.17) is 16.3 Å². The second-order valence-electron chi connectivity index (χ2n) is 2.99. The molecule has 0 aromatic heterocycles. The molecule has 1 aromatic rings. The van der Waals surface area contributed by atoms with E-state index in [-0.39, 0.29) is 11.3 Å². The van der Waals surface area contributed by atoms with Crippen LogP contribution >= 0.6 is 12.6 Å². The van der Waals surface area contributed by atoms with Gasteiger partial charge >= 0.3 is 0 Å². The summed E-state index contributed by atoms with van der Waals surface area (Å²) in [5, 5.41) is 17.7. The molecule has 0 unspecified atom stereocenters. The monoisotopic (exact) mass is 203 g/mol. The minimum atomic E-state index is 0.225. The van der Waals surface area contributed by atoms with E-state index in [0.29, 0.717) is 10.5 Å². The summed E-state index contributed by atoms with van der Waals surface area (Å²) in [7, 11) is 0. The lowest BCUT2D eigenvalue weighted by molar-refractivity contribution is 1.20.